The summed E-state index contributed by atoms with van der Waals surface area (Å²) in [6, 6.07) is 16.1. The third-order valence-corrected chi connectivity index (χ3v) is 9.62. The first-order valence-electron chi connectivity index (χ1n) is 17.2. The lowest BCUT2D eigenvalue weighted by atomic mass is 9.76. The van der Waals surface area contributed by atoms with Crippen molar-refractivity contribution in [2.75, 3.05) is 0 Å². The quantitative estimate of drug-likeness (QED) is 0.141. The maximum atomic E-state index is 11.8. The van der Waals surface area contributed by atoms with E-state index in [1.54, 1.807) is 37.2 Å². The Morgan fingerprint density at radius 3 is 1.90 bits per heavy atom. The number of aryl methyl sites for hydroxylation is 1. The zero-order valence-electron chi connectivity index (χ0n) is 28.1. The molecular formula is C41H40N6O2. The Bertz CT molecular complexity index is 2200. The number of phenolic OH excluding ortho intramolecular Hbond substituents is 1. The standard InChI is InChI=1S/C41H40N6O2/c1-4-6-8-26-20-30(40(48)31(21-26)35-23-42-16-18-44-35)33-14-12-27-10-11-28-13-15-34(47-39(28)38(27)46-33)32-22-29(9-7-5-2)25(3)37(41(32)49)36-24-43-17-19-45-36/h10-25,29,48-49H,4-9H2,1-3H3. The van der Waals surface area contributed by atoms with Crippen molar-refractivity contribution in [3.63, 3.8) is 0 Å². The van der Waals surface area contributed by atoms with Gasteiger partial charge in [0.2, 0.25) is 0 Å². The van der Waals surface area contributed by atoms with Gasteiger partial charge in [0.1, 0.15) is 11.5 Å². The molecule has 4 aromatic heterocycles. The maximum absolute atomic E-state index is 11.8. The molecule has 0 spiro atoms. The van der Waals surface area contributed by atoms with Crippen molar-refractivity contribution in [2.24, 2.45) is 11.8 Å². The fourth-order valence-electron chi connectivity index (χ4n) is 6.90. The SMILES string of the molecule is CCCCc1cc(-c2cnccn2)c(O)c(-c2ccc3ccc4ccc(C5=CC(CCCC)C(C)C(c6cnccn6)=C5O)nc4c3n2)c1. The van der Waals surface area contributed by atoms with Gasteiger partial charge in [0.25, 0.3) is 0 Å². The van der Waals surface area contributed by atoms with E-state index >= 15 is 0 Å². The first kappa shape index (κ1) is 32.1. The van der Waals surface area contributed by atoms with Crippen LogP contribution in [0.5, 0.6) is 5.75 Å². The molecular weight excluding hydrogens is 608 g/mol. The number of phenols is 1. The summed E-state index contributed by atoms with van der Waals surface area (Å²) in [5.74, 6) is 0.591. The van der Waals surface area contributed by atoms with Gasteiger partial charge in [-0.3, -0.25) is 19.9 Å². The first-order valence-corrected chi connectivity index (χ1v) is 17.2. The molecule has 2 atom stereocenters. The Hall–Kier alpha value is -5.50. The van der Waals surface area contributed by atoms with Gasteiger partial charge >= 0.3 is 0 Å². The summed E-state index contributed by atoms with van der Waals surface area (Å²) in [6.45, 7) is 6.52. The topological polar surface area (TPSA) is 118 Å². The minimum atomic E-state index is 0.0741. The number of hydrogen-bond donors (Lipinski definition) is 2. The van der Waals surface area contributed by atoms with Crippen molar-refractivity contribution >= 4 is 33.0 Å². The van der Waals surface area contributed by atoms with Gasteiger partial charge in [-0.15, -0.1) is 0 Å². The molecule has 8 nitrogen and oxygen atoms in total. The van der Waals surface area contributed by atoms with Gasteiger partial charge in [0.15, 0.2) is 0 Å². The molecule has 0 aliphatic heterocycles. The number of rotatable bonds is 10. The lowest BCUT2D eigenvalue weighted by Crippen LogP contribution is -2.19. The van der Waals surface area contributed by atoms with E-state index in [-0.39, 0.29) is 23.3 Å². The van der Waals surface area contributed by atoms with Crippen LogP contribution in [-0.4, -0.2) is 40.1 Å². The lowest BCUT2D eigenvalue weighted by molar-refractivity contribution is 0.404. The van der Waals surface area contributed by atoms with Gasteiger partial charge in [0, 0.05) is 57.8 Å². The zero-order chi connectivity index (χ0) is 33.9. The van der Waals surface area contributed by atoms with Gasteiger partial charge < -0.3 is 10.2 Å². The Kier molecular flexibility index (Phi) is 9.11. The molecule has 0 saturated heterocycles. The smallest absolute Gasteiger partial charge is 0.134 e. The van der Waals surface area contributed by atoms with Gasteiger partial charge in [0.05, 0.1) is 46.2 Å². The molecule has 6 aromatic rings. The van der Waals surface area contributed by atoms with Gasteiger partial charge in [-0.1, -0.05) is 70.4 Å². The molecule has 4 heterocycles. The minimum absolute atomic E-state index is 0.0741. The highest BCUT2D eigenvalue weighted by molar-refractivity contribution is 6.04. The summed E-state index contributed by atoms with van der Waals surface area (Å²) in [4.78, 5) is 27.9. The van der Waals surface area contributed by atoms with E-state index in [0.29, 0.717) is 39.5 Å². The lowest BCUT2D eigenvalue weighted by Gasteiger charge is -2.30. The van der Waals surface area contributed by atoms with E-state index in [2.05, 4.69) is 46.8 Å². The number of aliphatic hydroxyl groups excluding tert-OH is 1. The predicted octanol–water partition coefficient (Wildman–Crippen LogP) is 9.55. The molecule has 7 rings (SSSR count). The number of nitrogens with zero attached hydrogens (tertiary/aromatic N) is 6. The van der Waals surface area contributed by atoms with Gasteiger partial charge in [-0.25, -0.2) is 9.97 Å². The van der Waals surface area contributed by atoms with E-state index in [1.165, 1.54) is 0 Å². The number of hydrogen-bond acceptors (Lipinski definition) is 8. The molecule has 8 heteroatoms. The van der Waals surface area contributed by atoms with Crippen molar-refractivity contribution in [1.82, 2.24) is 29.9 Å². The molecule has 49 heavy (non-hydrogen) atoms. The highest BCUT2D eigenvalue weighted by Gasteiger charge is 2.31. The van der Waals surface area contributed by atoms with Crippen molar-refractivity contribution in [2.45, 2.75) is 59.3 Å². The van der Waals surface area contributed by atoms with E-state index in [0.717, 1.165) is 71.5 Å². The average molecular weight is 649 g/mol. The summed E-state index contributed by atoms with van der Waals surface area (Å²) in [5.41, 5.74) is 7.93. The number of allylic oxidation sites excluding steroid dienone is 3. The molecule has 246 valence electrons. The van der Waals surface area contributed by atoms with Gasteiger partial charge in [-0.05, 0) is 60.9 Å². The number of aromatic nitrogens is 6. The molecule has 1 aliphatic rings. The number of fused-ring (bicyclic) bond motifs is 3. The Morgan fingerprint density at radius 1 is 0.673 bits per heavy atom. The number of unbranched alkanes of at least 4 members (excludes halogenated alkanes) is 2. The number of aromatic hydroxyl groups is 1. The Morgan fingerprint density at radius 2 is 1.27 bits per heavy atom. The summed E-state index contributed by atoms with van der Waals surface area (Å²) >= 11 is 0. The summed E-state index contributed by atoms with van der Waals surface area (Å²) < 4.78 is 0. The van der Waals surface area contributed by atoms with Crippen LogP contribution in [0.2, 0.25) is 0 Å². The van der Waals surface area contributed by atoms with E-state index in [1.807, 2.05) is 48.5 Å². The van der Waals surface area contributed by atoms with Crippen LogP contribution in [0.4, 0.5) is 0 Å². The Labute approximate surface area is 286 Å². The fourth-order valence-corrected chi connectivity index (χ4v) is 6.90. The van der Waals surface area contributed by atoms with Crippen LogP contribution >= 0.6 is 0 Å². The van der Waals surface area contributed by atoms with E-state index in [9.17, 15) is 10.2 Å². The third kappa shape index (κ3) is 6.26. The van der Waals surface area contributed by atoms with Crippen LogP contribution in [-0.2, 0) is 6.42 Å². The zero-order valence-corrected chi connectivity index (χ0v) is 28.1. The number of pyridine rings is 2. The predicted molar refractivity (Wildman–Crippen MR) is 196 cm³/mol. The summed E-state index contributed by atoms with van der Waals surface area (Å²) in [5, 5.41) is 25.3. The molecule has 0 bridgehead atoms. The Balaban J connectivity index is 1.38. The molecule has 2 aromatic carbocycles. The molecule has 1 aliphatic carbocycles. The number of benzene rings is 2. The monoisotopic (exact) mass is 648 g/mol. The number of aliphatic hydroxyl groups is 1. The first-order chi connectivity index (χ1) is 24.0. The maximum Gasteiger partial charge on any atom is 0.134 e. The fraction of sp³-hybridized carbons (Fsp3) is 0.268. The van der Waals surface area contributed by atoms with E-state index < -0.39 is 0 Å². The van der Waals surface area contributed by atoms with Crippen LogP contribution in [0.25, 0.3) is 55.5 Å². The third-order valence-electron chi connectivity index (χ3n) is 9.62. The molecule has 0 radical (unpaired) electrons. The molecule has 2 N–H and O–H groups in total. The second-order valence-corrected chi connectivity index (χ2v) is 12.9. The molecule has 0 amide bonds. The summed E-state index contributed by atoms with van der Waals surface area (Å²) in [6.07, 6.45) is 18.3. The second kappa shape index (κ2) is 13.9. The van der Waals surface area contributed by atoms with Crippen molar-refractivity contribution in [3.05, 3.63) is 114 Å². The van der Waals surface area contributed by atoms with Crippen molar-refractivity contribution < 1.29 is 10.2 Å². The van der Waals surface area contributed by atoms with Crippen LogP contribution < -0.4 is 0 Å². The summed E-state index contributed by atoms with van der Waals surface area (Å²) in [7, 11) is 0. The highest BCUT2D eigenvalue weighted by atomic mass is 16.3. The van der Waals surface area contributed by atoms with Crippen molar-refractivity contribution in [3.8, 4) is 28.3 Å². The van der Waals surface area contributed by atoms with Crippen LogP contribution in [0.15, 0.2) is 97.5 Å². The van der Waals surface area contributed by atoms with Gasteiger partial charge in [-0.2, -0.15) is 0 Å². The van der Waals surface area contributed by atoms with E-state index in [4.69, 9.17) is 9.97 Å². The normalized spacial score (nSPS) is 16.3. The highest BCUT2D eigenvalue weighted by Crippen LogP contribution is 2.44. The minimum Gasteiger partial charge on any atom is -0.507 e. The van der Waals surface area contributed by atoms with Crippen molar-refractivity contribution in [1.29, 1.82) is 0 Å². The molecule has 2 unspecified atom stereocenters. The second-order valence-electron chi connectivity index (χ2n) is 12.9. The molecule has 0 saturated carbocycles. The largest absolute Gasteiger partial charge is 0.507 e. The van der Waals surface area contributed by atoms with Crippen LogP contribution in [0, 0.1) is 11.8 Å². The van der Waals surface area contributed by atoms with Crippen LogP contribution in [0.3, 0.4) is 0 Å². The van der Waals surface area contributed by atoms with Crippen LogP contribution in [0.1, 0.15) is 69.8 Å². The molecule has 0 fully saturated rings. The average Bonchev–Trinajstić information content (AvgIpc) is 3.14.